The van der Waals surface area contributed by atoms with Crippen LogP contribution in [-0.4, -0.2) is 16.0 Å². The highest BCUT2D eigenvalue weighted by Crippen LogP contribution is 2.10. The number of hydrogen-bond donors (Lipinski definition) is 0. The van der Waals surface area contributed by atoms with Crippen LogP contribution in [0.25, 0.3) is 10.9 Å². The average Bonchev–Trinajstić information content (AvgIpc) is 2.32. The van der Waals surface area contributed by atoms with Gasteiger partial charge in [-0.2, -0.15) is 0 Å². The Balaban J connectivity index is 2.72. The van der Waals surface area contributed by atoms with E-state index in [1.54, 1.807) is 24.3 Å². The third-order valence-corrected chi connectivity index (χ3v) is 2.62. The molecule has 1 heterocycles. The lowest BCUT2D eigenvalue weighted by molar-refractivity contribution is 0.124. The lowest BCUT2D eigenvalue weighted by Gasteiger charge is -2.10. The summed E-state index contributed by atoms with van der Waals surface area (Å²) in [6.07, 6.45) is -2.61. The van der Waals surface area contributed by atoms with Gasteiger partial charge in [0.25, 0.3) is 12.0 Å². The normalized spacial score (nSPS) is 11.3. The van der Waals surface area contributed by atoms with Crippen molar-refractivity contribution in [1.82, 2.24) is 9.55 Å². The zero-order chi connectivity index (χ0) is 12.4. The summed E-state index contributed by atoms with van der Waals surface area (Å²) < 4.78 is 25.7. The predicted molar refractivity (Wildman–Crippen MR) is 61.6 cm³/mol. The van der Waals surface area contributed by atoms with Crippen LogP contribution in [0.1, 0.15) is 5.82 Å². The van der Waals surface area contributed by atoms with Gasteiger partial charge in [-0.3, -0.25) is 9.36 Å². The number of hydrogen-bond acceptors (Lipinski definition) is 2. The number of fused-ring (bicyclic) bond motifs is 1. The molecule has 0 aliphatic carbocycles. The van der Waals surface area contributed by atoms with Gasteiger partial charge in [0.15, 0.2) is 0 Å². The van der Waals surface area contributed by atoms with Crippen molar-refractivity contribution in [3.63, 3.8) is 0 Å². The number of nitrogens with zero attached hydrogens (tertiary/aromatic N) is 2. The summed E-state index contributed by atoms with van der Waals surface area (Å²) in [6, 6.07) is 6.60. The minimum absolute atomic E-state index is 0.0766. The lowest BCUT2D eigenvalue weighted by atomic mass is 10.2. The molecule has 0 aliphatic rings. The molecule has 0 spiro atoms. The Kier molecular flexibility index (Phi) is 3.38. The molecule has 3 nitrogen and oxygen atoms in total. The molecule has 0 amide bonds. The Morgan fingerprint density at radius 3 is 2.71 bits per heavy atom. The second-order valence-corrected chi connectivity index (χ2v) is 3.75. The van der Waals surface area contributed by atoms with E-state index in [-0.39, 0.29) is 11.7 Å². The van der Waals surface area contributed by atoms with Crippen molar-refractivity contribution in [3.8, 4) is 0 Å². The summed E-state index contributed by atoms with van der Waals surface area (Å²) in [5, 5.41) is 0.321. The number of rotatable bonds is 3. The molecule has 17 heavy (non-hydrogen) atoms. The van der Waals surface area contributed by atoms with Gasteiger partial charge in [-0.05, 0) is 12.1 Å². The zero-order valence-corrected chi connectivity index (χ0v) is 9.49. The van der Waals surface area contributed by atoms with Gasteiger partial charge in [-0.25, -0.2) is 13.8 Å². The molecule has 0 atom stereocenters. The molecule has 0 fully saturated rings. The first-order valence-electron chi connectivity index (χ1n) is 4.96. The molecule has 0 N–H and O–H groups in total. The van der Waals surface area contributed by atoms with Gasteiger partial charge in [0, 0.05) is 0 Å². The van der Waals surface area contributed by atoms with E-state index in [0.29, 0.717) is 10.9 Å². The summed E-state index contributed by atoms with van der Waals surface area (Å²) in [4.78, 5) is 16.1. The molecule has 0 unspecified atom stereocenters. The van der Waals surface area contributed by atoms with E-state index >= 15 is 0 Å². The van der Waals surface area contributed by atoms with E-state index in [4.69, 9.17) is 11.6 Å². The molecule has 0 saturated carbocycles. The maximum atomic E-state index is 12.4. The zero-order valence-electron chi connectivity index (χ0n) is 8.74. The lowest BCUT2D eigenvalue weighted by Crippen LogP contribution is -2.27. The molecule has 0 radical (unpaired) electrons. The van der Waals surface area contributed by atoms with E-state index in [2.05, 4.69) is 4.98 Å². The molecular formula is C11H9ClF2N2O. The molecule has 90 valence electrons. The second kappa shape index (κ2) is 4.79. The van der Waals surface area contributed by atoms with Crippen molar-refractivity contribution in [3.05, 3.63) is 40.4 Å². The Morgan fingerprint density at radius 2 is 2.06 bits per heavy atom. The first-order chi connectivity index (χ1) is 8.13. The van der Waals surface area contributed by atoms with E-state index in [1.807, 2.05) is 0 Å². The van der Waals surface area contributed by atoms with Gasteiger partial charge in [0.2, 0.25) is 0 Å². The highest BCUT2D eigenvalue weighted by molar-refractivity contribution is 6.16. The summed E-state index contributed by atoms with van der Waals surface area (Å²) in [5.74, 6) is 0.0861. The van der Waals surface area contributed by atoms with Crippen molar-refractivity contribution in [2.24, 2.45) is 0 Å². The van der Waals surface area contributed by atoms with Crippen LogP contribution >= 0.6 is 11.6 Å². The fourth-order valence-corrected chi connectivity index (χ4v) is 1.85. The molecule has 1 aromatic carbocycles. The highest BCUT2D eigenvalue weighted by Gasteiger charge is 2.13. The summed E-state index contributed by atoms with van der Waals surface area (Å²) in [5.41, 5.74) is -0.00906. The van der Waals surface area contributed by atoms with Gasteiger partial charge < -0.3 is 0 Å². The number of para-hydroxylation sites is 1. The van der Waals surface area contributed by atoms with Gasteiger partial charge in [0.05, 0.1) is 23.3 Å². The Morgan fingerprint density at radius 1 is 1.35 bits per heavy atom. The van der Waals surface area contributed by atoms with Crippen molar-refractivity contribution >= 4 is 22.5 Å². The average molecular weight is 259 g/mol. The van der Waals surface area contributed by atoms with Crippen LogP contribution < -0.4 is 5.56 Å². The Labute approximate surface area is 101 Å². The minimum atomic E-state index is -2.61. The largest absolute Gasteiger partial charge is 0.289 e. The molecular weight excluding hydrogens is 250 g/mol. The monoisotopic (exact) mass is 258 g/mol. The smallest absolute Gasteiger partial charge is 0.261 e. The third-order valence-electron chi connectivity index (χ3n) is 2.38. The molecule has 1 aromatic heterocycles. The number of aromatic nitrogens is 2. The SMILES string of the molecule is O=c1c2ccccc2nc(CCl)n1CC(F)F. The molecule has 6 heteroatoms. The Hall–Kier alpha value is -1.49. The number of benzene rings is 1. The third kappa shape index (κ3) is 2.29. The topological polar surface area (TPSA) is 34.9 Å². The van der Waals surface area contributed by atoms with Crippen LogP contribution in [0.15, 0.2) is 29.1 Å². The van der Waals surface area contributed by atoms with Crippen molar-refractivity contribution in [2.75, 3.05) is 0 Å². The fraction of sp³-hybridized carbons (Fsp3) is 0.273. The summed E-state index contributed by atoms with van der Waals surface area (Å²) >= 11 is 5.62. The molecule has 2 aromatic rings. The first-order valence-corrected chi connectivity index (χ1v) is 5.49. The number of halogens is 3. The Bertz CT molecular complexity index is 598. The van der Waals surface area contributed by atoms with E-state index < -0.39 is 18.5 Å². The maximum Gasteiger partial charge on any atom is 0.261 e. The van der Waals surface area contributed by atoms with Crippen LogP contribution in [-0.2, 0) is 12.4 Å². The predicted octanol–water partition coefficient (Wildman–Crippen LogP) is 2.40. The van der Waals surface area contributed by atoms with Crippen LogP contribution in [0.5, 0.6) is 0 Å². The standard InChI is InChI=1S/C11H9ClF2N2O/c12-5-10-15-8-4-2-1-3-7(8)11(17)16(10)6-9(13)14/h1-4,9H,5-6H2. The maximum absolute atomic E-state index is 12.4. The van der Waals surface area contributed by atoms with E-state index in [1.165, 1.54) is 0 Å². The van der Waals surface area contributed by atoms with E-state index in [0.717, 1.165) is 4.57 Å². The first kappa shape index (κ1) is 12.0. The van der Waals surface area contributed by atoms with Crippen LogP contribution in [0.4, 0.5) is 8.78 Å². The summed E-state index contributed by atoms with van der Waals surface area (Å²) in [6.45, 7) is -0.682. The van der Waals surface area contributed by atoms with E-state index in [9.17, 15) is 13.6 Å². The number of alkyl halides is 3. The van der Waals surface area contributed by atoms with Crippen molar-refractivity contribution < 1.29 is 8.78 Å². The highest BCUT2D eigenvalue weighted by atomic mass is 35.5. The fourth-order valence-electron chi connectivity index (χ4n) is 1.64. The van der Waals surface area contributed by atoms with Gasteiger partial charge in [0.1, 0.15) is 5.82 Å². The molecule has 0 saturated heterocycles. The molecule has 0 bridgehead atoms. The van der Waals surface area contributed by atoms with Gasteiger partial charge in [-0.15, -0.1) is 11.6 Å². The van der Waals surface area contributed by atoms with Crippen LogP contribution in [0.3, 0.4) is 0 Å². The summed E-state index contributed by atoms with van der Waals surface area (Å²) in [7, 11) is 0. The molecule has 0 aliphatic heterocycles. The van der Waals surface area contributed by atoms with Gasteiger partial charge >= 0.3 is 0 Å². The van der Waals surface area contributed by atoms with Crippen LogP contribution in [0, 0.1) is 0 Å². The van der Waals surface area contributed by atoms with Crippen molar-refractivity contribution in [1.29, 1.82) is 0 Å². The minimum Gasteiger partial charge on any atom is -0.289 e. The van der Waals surface area contributed by atoms with Gasteiger partial charge in [-0.1, -0.05) is 12.1 Å². The quantitative estimate of drug-likeness (QED) is 0.793. The van der Waals surface area contributed by atoms with Crippen LogP contribution in [0.2, 0.25) is 0 Å². The molecule has 2 rings (SSSR count). The second-order valence-electron chi connectivity index (χ2n) is 3.49. The van der Waals surface area contributed by atoms with Crippen molar-refractivity contribution in [2.45, 2.75) is 18.9 Å².